The Balaban J connectivity index is 2.68. The summed E-state index contributed by atoms with van der Waals surface area (Å²) < 4.78 is 5.28. The Bertz CT molecular complexity index is 541. The van der Waals surface area contributed by atoms with Crippen molar-refractivity contribution < 1.29 is 19.4 Å². The molecule has 3 N–H and O–H groups in total. The summed E-state index contributed by atoms with van der Waals surface area (Å²) in [5.41, 5.74) is 3.59. The fourth-order valence-corrected chi connectivity index (χ4v) is 2.05. The third-order valence-corrected chi connectivity index (χ3v) is 3.36. The second-order valence-electron chi connectivity index (χ2n) is 4.90. The van der Waals surface area contributed by atoms with Crippen LogP contribution < -0.4 is 15.4 Å². The molecule has 1 aromatic carbocycles. The molecule has 0 aliphatic carbocycles. The van der Waals surface area contributed by atoms with Gasteiger partial charge in [0.25, 0.3) is 0 Å². The minimum Gasteiger partial charge on any atom is -0.496 e. The number of aryl methyl sites for hydroxylation is 1. The highest BCUT2D eigenvalue weighted by Gasteiger charge is 2.12. The molecule has 21 heavy (non-hydrogen) atoms. The lowest BCUT2D eigenvalue weighted by atomic mass is 10.0. The molecule has 0 fully saturated rings. The molecule has 0 unspecified atom stereocenters. The minimum absolute atomic E-state index is 0.0416. The number of benzene rings is 1. The molecule has 0 saturated carbocycles. The smallest absolute Gasteiger partial charge is 0.319 e. The molecule has 6 heteroatoms. The summed E-state index contributed by atoms with van der Waals surface area (Å²) in [6, 6.07) is 1.54. The van der Waals surface area contributed by atoms with Crippen LogP contribution in [0.5, 0.6) is 5.75 Å². The topological polar surface area (TPSA) is 87.7 Å². The van der Waals surface area contributed by atoms with Crippen molar-refractivity contribution in [3.05, 3.63) is 22.8 Å². The van der Waals surface area contributed by atoms with E-state index in [2.05, 4.69) is 10.6 Å². The molecule has 0 bridgehead atoms. The Morgan fingerprint density at radius 3 is 2.48 bits per heavy atom. The van der Waals surface area contributed by atoms with E-state index in [4.69, 9.17) is 9.84 Å². The number of anilines is 1. The third kappa shape index (κ3) is 4.66. The molecular weight excluding hydrogens is 272 g/mol. The molecule has 1 aromatic rings. The largest absolute Gasteiger partial charge is 0.496 e. The van der Waals surface area contributed by atoms with Gasteiger partial charge in [-0.15, -0.1) is 0 Å². The lowest BCUT2D eigenvalue weighted by molar-refractivity contribution is -0.137. The first-order chi connectivity index (χ1) is 9.86. The van der Waals surface area contributed by atoms with E-state index in [-0.39, 0.29) is 12.5 Å². The van der Waals surface area contributed by atoms with E-state index >= 15 is 0 Å². The first-order valence-electron chi connectivity index (χ1n) is 6.78. The van der Waals surface area contributed by atoms with Gasteiger partial charge in [-0.1, -0.05) is 0 Å². The first-order valence-corrected chi connectivity index (χ1v) is 6.78. The summed E-state index contributed by atoms with van der Waals surface area (Å²) in [6.45, 7) is 6.08. The molecule has 0 spiro atoms. The standard InChI is InChI=1S/C15H22N2O4/c1-9-8-12(21-4)10(2)11(3)14(9)17-15(20)16-7-5-6-13(18)19/h8H,5-7H2,1-4H3,(H,18,19)(H2,16,17,20). The summed E-state index contributed by atoms with van der Waals surface area (Å²) in [4.78, 5) is 22.2. The molecule has 1 rings (SSSR count). The zero-order valence-corrected chi connectivity index (χ0v) is 12.9. The summed E-state index contributed by atoms with van der Waals surface area (Å²) in [6.07, 6.45) is 0.447. The number of aliphatic carboxylic acids is 1. The Kier molecular flexibility index (Phi) is 6.02. The van der Waals surface area contributed by atoms with Gasteiger partial charge in [0.1, 0.15) is 5.75 Å². The molecule has 2 amide bonds. The van der Waals surface area contributed by atoms with Crippen LogP contribution in [-0.2, 0) is 4.79 Å². The van der Waals surface area contributed by atoms with Crippen molar-refractivity contribution in [3.63, 3.8) is 0 Å². The van der Waals surface area contributed by atoms with Crippen LogP contribution in [0.1, 0.15) is 29.5 Å². The quantitative estimate of drug-likeness (QED) is 0.704. The highest BCUT2D eigenvalue weighted by Crippen LogP contribution is 2.30. The summed E-state index contributed by atoms with van der Waals surface area (Å²) in [5, 5.41) is 14.0. The molecule has 0 heterocycles. The lowest BCUT2D eigenvalue weighted by Crippen LogP contribution is -2.30. The van der Waals surface area contributed by atoms with Gasteiger partial charge in [-0.05, 0) is 49.9 Å². The number of carbonyl (C=O) groups is 2. The highest BCUT2D eigenvalue weighted by molar-refractivity contribution is 5.91. The molecule has 0 aliphatic rings. The predicted molar refractivity (Wildman–Crippen MR) is 81.1 cm³/mol. The predicted octanol–water partition coefficient (Wildman–Crippen LogP) is 2.61. The average Bonchev–Trinajstić information content (AvgIpc) is 2.43. The number of ether oxygens (including phenoxy) is 1. The van der Waals surface area contributed by atoms with E-state index < -0.39 is 5.97 Å². The fourth-order valence-electron chi connectivity index (χ4n) is 2.05. The van der Waals surface area contributed by atoms with Gasteiger partial charge in [-0.3, -0.25) is 4.79 Å². The number of nitrogens with one attached hydrogen (secondary N) is 2. The second kappa shape index (κ2) is 7.52. The molecule has 0 radical (unpaired) electrons. The number of carboxylic acid groups (broad SMARTS) is 1. The zero-order chi connectivity index (χ0) is 16.0. The second-order valence-corrected chi connectivity index (χ2v) is 4.90. The van der Waals surface area contributed by atoms with E-state index in [0.29, 0.717) is 13.0 Å². The Labute approximate surface area is 124 Å². The van der Waals surface area contributed by atoms with E-state index in [1.54, 1.807) is 7.11 Å². The van der Waals surface area contributed by atoms with Crippen molar-refractivity contribution in [3.8, 4) is 5.75 Å². The fraction of sp³-hybridized carbons (Fsp3) is 0.467. The Morgan fingerprint density at radius 2 is 1.90 bits per heavy atom. The Hall–Kier alpha value is -2.24. The average molecular weight is 294 g/mol. The van der Waals surface area contributed by atoms with Crippen LogP contribution in [0, 0.1) is 20.8 Å². The van der Waals surface area contributed by atoms with Crippen LogP contribution >= 0.6 is 0 Å². The van der Waals surface area contributed by atoms with Crippen molar-refractivity contribution in [2.24, 2.45) is 0 Å². The first kappa shape index (κ1) is 16.8. The number of hydrogen-bond acceptors (Lipinski definition) is 3. The zero-order valence-electron chi connectivity index (χ0n) is 12.9. The number of hydrogen-bond donors (Lipinski definition) is 3. The molecular formula is C15H22N2O4. The maximum Gasteiger partial charge on any atom is 0.319 e. The molecule has 0 atom stereocenters. The molecule has 0 aliphatic heterocycles. The molecule has 0 saturated heterocycles. The summed E-state index contributed by atoms with van der Waals surface area (Å²) in [7, 11) is 1.61. The molecule has 0 aromatic heterocycles. The maximum absolute atomic E-state index is 11.8. The SMILES string of the molecule is COc1cc(C)c(NC(=O)NCCCC(=O)O)c(C)c1C. The lowest BCUT2D eigenvalue weighted by Gasteiger charge is -2.17. The monoisotopic (exact) mass is 294 g/mol. The van der Waals surface area contributed by atoms with Gasteiger partial charge in [0.05, 0.1) is 7.11 Å². The van der Waals surface area contributed by atoms with Crippen molar-refractivity contribution in [2.45, 2.75) is 33.6 Å². The van der Waals surface area contributed by atoms with Gasteiger partial charge in [0, 0.05) is 18.7 Å². The minimum atomic E-state index is -0.866. The van der Waals surface area contributed by atoms with Crippen molar-refractivity contribution >= 4 is 17.7 Å². The molecule has 6 nitrogen and oxygen atoms in total. The molecule has 116 valence electrons. The Morgan fingerprint density at radius 1 is 1.24 bits per heavy atom. The van der Waals surface area contributed by atoms with Crippen molar-refractivity contribution in [1.29, 1.82) is 0 Å². The van der Waals surface area contributed by atoms with Gasteiger partial charge >= 0.3 is 12.0 Å². The normalized spacial score (nSPS) is 10.1. The van der Waals surface area contributed by atoms with Crippen LogP contribution in [0.15, 0.2) is 6.07 Å². The maximum atomic E-state index is 11.8. The van der Waals surface area contributed by atoms with Crippen molar-refractivity contribution in [2.75, 3.05) is 19.0 Å². The van der Waals surface area contributed by atoms with Gasteiger partial charge in [-0.25, -0.2) is 4.79 Å². The number of amides is 2. The van der Waals surface area contributed by atoms with E-state index in [9.17, 15) is 9.59 Å². The third-order valence-electron chi connectivity index (χ3n) is 3.36. The number of carbonyl (C=O) groups excluding carboxylic acids is 1. The van der Waals surface area contributed by atoms with Gasteiger partial charge in [0.2, 0.25) is 0 Å². The number of urea groups is 1. The summed E-state index contributed by atoms with van der Waals surface area (Å²) >= 11 is 0. The van der Waals surface area contributed by atoms with Gasteiger partial charge < -0.3 is 20.5 Å². The number of carboxylic acids is 1. The number of rotatable bonds is 6. The van der Waals surface area contributed by atoms with E-state index in [0.717, 1.165) is 28.1 Å². The number of methoxy groups -OCH3 is 1. The summed E-state index contributed by atoms with van der Waals surface area (Å²) in [5.74, 6) is -0.0768. The highest BCUT2D eigenvalue weighted by atomic mass is 16.5. The van der Waals surface area contributed by atoms with Gasteiger partial charge in [0.15, 0.2) is 0 Å². The van der Waals surface area contributed by atoms with Crippen LogP contribution in [0.2, 0.25) is 0 Å². The van der Waals surface area contributed by atoms with Crippen LogP contribution in [-0.4, -0.2) is 30.8 Å². The van der Waals surface area contributed by atoms with Crippen LogP contribution in [0.3, 0.4) is 0 Å². The van der Waals surface area contributed by atoms with Crippen LogP contribution in [0.25, 0.3) is 0 Å². The van der Waals surface area contributed by atoms with Crippen LogP contribution in [0.4, 0.5) is 10.5 Å². The van der Waals surface area contributed by atoms with E-state index in [1.807, 2.05) is 26.8 Å². The van der Waals surface area contributed by atoms with Crippen molar-refractivity contribution in [1.82, 2.24) is 5.32 Å². The van der Waals surface area contributed by atoms with E-state index in [1.165, 1.54) is 0 Å². The van der Waals surface area contributed by atoms with Gasteiger partial charge in [-0.2, -0.15) is 0 Å².